The fourth-order valence-electron chi connectivity index (χ4n) is 4.63. The first kappa shape index (κ1) is 20.1. The third kappa shape index (κ3) is 3.47. The van der Waals surface area contributed by atoms with Crippen molar-refractivity contribution in [2.75, 3.05) is 26.2 Å². The maximum absolute atomic E-state index is 13.0. The molecule has 0 N–H and O–H groups in total. The number of carbonyl (C=O) groups excluding carboxylic acids is 2. The Hall–Kier alpha value is -3.80. The van der Waals surface area contributed by atoms with Crippen molar-refractivity contribution in [2.45, 2.75) is 11.6 Å². The number of hydrogen-bond acceptors (Lipinski definition) is 4. The quantitative estimate of drug-likeness (QED) is 0.622. The first-order chi connectivity index (χ1) is 15.7. The van der Waals surface area contributed by atoms with Crippen molar-refractivity contribution in [2.24, 2.45) is 0 Å². The van der Waals surface area contributed by atoms with Crippen molar-refractivity contribution in [1.82, 2.24) is 9.80 Å². The van der Waals surface area contributed by atoms with Gasteiger partial charge in [0.2, 0.25) is 0 Å². The van der Waals surface area contributed by atoms with Crippen LogP contribution in [-0.2, 0) is 15.1 Å². The number of hydrogen-bond donors (Lipinski definition) is 0. The molecule has 1 unspecified atom stereocenters. The molecule has 3 aromatic carbocycles. The summed E-state index contributed by atoms with van der Waals surface area (Å²) >= 11 is 0. The molecule has 0 saturated carbocycles. The molecule has 2 aliphatic heterocycles. The first-order valence-corrected chi connectivity index (χ1v) is 10.7. The topological polar surface area (TPSA) is 59.1 Å². The minimum Gasteiger partial charge on any atom is -0.484 e. The summed E-state index contributed by atoms with van der Waals surface area (Å²) < 4.78 is 11.8. The highest BCUT2D eigenvalue weighted by Gasteiger charge is 2.58. The molecule has 32 heavy (non-hydrogen) atoms. The average Bonchev–Trinajstić information content (AvgIpc) is 3.17. The van der Waals surface area contributed by atoms with Gasteiger partial charge in [-0.1, -0.05) is 78.9 Å². The zero-order valence-electron chi connectivity index (χ0n) is 17.6. The molecule has 2 saturated heterocycles. The van der Waals surface area contributed by atoms with Crippen molar-refractivity contribution in [1.29, 1.82) is 0 Å². The summed E-state index contributed by atoms with van der Waals surface area (Å²) in [7, 11) is 0. The molecular formula is C26H24N2O4. The molecule has 0 bridgehead atoms. The summed E-state index contributed by atoms with van der Waals surface area (Å²) in [5.41, 5.74) is 0.794. The van der Waals surface area contributed by atoms with E-state index < -0.39 is 5.60 Å². The lowest BCUT2D eigenvalue weighted by Crippen LogP contribution is -2.59. The molecule has 3 aromatic rings. The Morgan fingerprint density at radius 3 is 2.03 bits per heavy atom. The summed E-state index contributed by atoms with van der Waals surface area (Å²) in [5, 5.41) is 0. The third-order valence-electron chi connectivity index (χ3n) is 6.20. The fourth-order valence-corrected chi connectivity index (χ4v) is 4.63. The molecule has 5 rings (SSSR count). The van der Waals surface area contributed by atoms with Gasteiger partial charge in [0, 0.05) is 30.8 Å². The second-order valence-electron chi connectivity index (χ2n) is 7.99. The number of rotatable bonds is 5. The Morgan fingerprint density at radius 1 is 0.875 bits per heavy atom. The Kier molecular flexibility index (Phi) is 5.27. The van der Waals surface area contributed by atoms with E-state index in [4.69, 9.17) is 9.47 Å². The van der Waals surface area contributed by atoms with Crippen LogP contribution in [0.4, 0.5) is 4.79 Å². The van der Waals surface area contributed by atoms with Gasteiger partial charge in [-0.25, -0.2) is 4.79 Å². The first-order valence-electron chi connectivity index (χ1n) is 10.7. The molecule has 2 aliphatic rings. The van der Waals surface area contributed by atoms with Crippen LogP contribution in [0.3, 0.4) is 0 Å². The van der Waals surface area contributed by atoms with Crippen LogP contribution >= 0.6 is 0 Å². The van der Waals surface area contributed by atoms with Gasteiger partial charge in [-0.3, -0.25) is 9.69 Å². The van der Waals surface area contributed by atoms with E-state index >= 15 is 0 Å². The van der Waals surface area contributed by atoms with Gasteiger partial charge < -0.3 is 14.4 Å². The van der Waals surface area contributed by atoms with Crippen molar-refractivity contribution >= 4 is 12.0 Å². The van der Waals surface area contributed by atoms with Crippen LogP contribution in [0.5, 0.6) is 5.75 Å². The van der Waals surface area contributed by atoms with Crippen molar-refractivity contribution < 1.29 is 19.1 Å². The van der Waals surface area contributed by atoms with Crippen LogP contribution in [-0.4, -0.2) is 54.1 Å². The molecule has 2 heterocycles. The maximum Gasteiger partial charge on any atom is 0.411 e. The monoisotopic (exact) mass is 428 g/mol. The van der Waals surface area contributed by atoms with E-state index in [1.165, 1.54) is 0 Å². The number of carbonyl (C=O) groups is 2. The molecular weight excluding hydrogens is 404 g/mol. The highest BCUT2D eigenvalue weighted by Crippen LogP contribution is 2.45. The van der Waals surface area contributed by atoms with Crippen molar-refractivity contribution in [3.05, 3.63) is 102 Å². The maximum atomic E-state index is 13.0. The number of benzene rings is 3. The van der Waals surface area contributed by atoms with Crippen LogP contribution in [0.15, 0.2) is 91.0 Å². The van der Waals surface area contributed by atoms with Gasteiger partial charge in [-0.2, -0.15) is 0 Å². The molecule has 162 valence electrons. The Bertz CT molecular complexity index is 1050. The van der Waals surface area contributed by atoms with Gasteiger partial charge in [0.25, 0.3) is 5.91 Å². The van der Waals surface area contributed by atoms with Gasteiger partial charge in [-0.05, 0) is 12.1 Å². The van der Waals surface area contributed by atoms with E-state index in [1.54, 1.807) is 9.80 Å². The van der Waals surface area contributed by atoms with Crippen molar-refractivity contribution in [3.8, 4) is 5.75 Å². The molecule has 6 heteroatoms. The van der Waals surface area contributed by atoms with E-state index in [2.05, 4.69) is 0 Å². The normalized spacial score (nSPS) is 19.2. The van der Waals surface area contributed by atoms with Gasteiger partial charge in [0.05, 0.1) is 0 Å². The van der Waals surface area contributed by atoms with Crippen LogP contribution in [0.2, 0.25) is 0 Å². The fraction of sp³-hybridized carbons (Fsp3) is 0.231. The van der Waals surface area contributed by atoms with Crippen LogP contribution in [0.1, 0.15) is 11.1 Å². The van der Waals surface area contributed by atoms with Crippen LogP contribution in [0, 0.1) is 0 Å². The minimum atomic E-state index is -0.987. The number of fused-ring (bicyclic) bond motifs is 1. The number of piperazine rings is 1. The largest absolute Gasteiger partial charge is 0.484 e. The Labute approximate surface area is 187 Å². The smallest absolute Gasteiger partial charge is 0.411 e. The molecule has 2 fully saturated rings. The predicted octanol–water partition coefficient (Wildman–Crippen LogP) is 3.67. The lowest BCUT2D eigenvalue weighted by atomic mass is 9.79. The molecule has 6 nitrogen and oxygen atoms in total. The van der Waals surface area contributed by atoms with Crippen LogP contribution < -0.4 is 4.74 Å². The lowest BCUT2D eigenvalue weighted by Gasteiger charge is -2.42. The number of cyclic esters (lactones) is 1. The molecule has 2 amide bonds. The van der Waals surface area contributed by atoms with E-state index in [9.17, 15) is 9.59 Å². The zero-order valence-corrected chi connectivity index (χ0v) is 17.6. The number of amides is 2. The molecule has 0 aliphatic carbocycles. The van der Waals surface area contributed by atoms with E-state index in [-0.39, 0.29) is 24.6 Å². The Balaban J connectivity index is 1.45. The highest BCUT2D eigenvalue weighted by molar-refractivity contribution is 5.79. The van der Waals surface area contributed by atoms with Gasteiger partial charge in [-0.15, -0.1) is 0 Å². The van der Waals surface area contributed by atoms with E-state index in [0.29, 0.717) is 25.4 Å². The second-order valence-corrected chi connectivity index (χ2v) is 7.99. The predicted molar refractivity (Wildman–Crippen MR) is 119 cm³/mol. The third-order valence-corrected chi connectivity index (χ3v) is 6.20. The number of para-hydroxylation sites is 1. The van der Waals surface area contributed by atoms with Gasteiger partial charge in [0.15, 0.2) is 12.2 Å². The summed E-state index contributed by atoms with van der Waals surface area (Å²) in [5.74, 6) is 0.546. The standard InChI is InChI=1S/C26H24N2O4/c29-24(19-31-22-14-8-3-9-15-22)27-16-17-28-23(18-27)26(32-25(28)30,20-10-4-1-5-11-20)21-12-6-2-7-13-21/h1-15,23H,16-19H2. The zero-order chi connectivity index (χ0) is 22.0. The lowest BCUT2D eigenvalue weighted by molar-refractivity contribution is -0.136. The van der Waals surface area contributed by atoms with E-state index in [0.717, 1.165) is 11.1 Å². The summed E-state index contributed by atoms with van der Waals surface area (Å²) in [6.45, 7) is 1.19. The second kappa shape index (κ2) is 8.38. The number of ether oxygens (including phenoxy) is 2. The number of nitrogens with zero attached hydrogens (tertiary/aromatic N) is 2. The van der Waals surface area contributed by atoms with Crippen molar-refractivity contribution in [3.63, 3.8) is 0 Å². The molecule has 0 spiro atoms. The Morgan fingerprint density at radius 2 is 1.44 bits per heavy atom. The highest BCUT2D eigenvalue weighted by atomic mass is 16.6. The summed E-state index contributed by atoms with van der Waals surface area (Å²) in [6, 6.07) is 28.5. The SMILES string of the molecule is O=C(COc1ccccc1)N1CCN2C(=O)OC(c3ccccc3)(c3ccccc3)C2C1. The summed E-state index contributed by atoms with van der Waals surface area (Å²) in [6.07, 6.45) is -0.352. The van der Waals surface area contributed by atoms with Gasteiger partial charge in [0.1, 0.15) is 11.8 Å². The summed E-state index contributed by atoms with van der Waals surface area (Å²) in [4.78, 5) is 29.4. The van der Waals surface area contributed by atoms with E-state index in [1.807, 2.05) is 91.0 Å². The van der Waals surface area contributed by atoms with Crippen LogP contribution in [0.25, 0.3) is 0 Å². The minimum absolute atomic E-state index is 0.0464. The van der Waals surface area contributed by atoms with Gasteiger partial charge >= 0.3 is 6.09 Å². The molecule has 0 radical (unpaired) electrons. The molecule has 0 aromatic heterocycles. The average molecular weight is 428 g/mol. The molecule has 1 atom stereocenters.